The zero-order chi connectivity index (χ0) is 9.52. The van der Waals surface area contributed by atoms with Crippen molar-refractivity contribution >= 4 is 6.41 Å². The second-order valence-electron chi connectivity index (χ2n) is 2.91. The van der Waals surface area contributed by atoms with Crippen LogP contribution in [0.2, 0.25) is 0 Å². The maximum Gasteiger partial charge on any atom is 0.207 e. The normalized spacial score (nSPS) is 12.1. The van der Waals surface area contributed by atoms with E-state index in [2.05, 4.69) is 5.32 Å². The van der Waals surface area contributed by atoms with E-state index in [1.54, 1.807) is 0 Å². The number of amides is 1. The van der Waals surface area contributed by atoms with Gasteiger partial charge in [-0.25, -0.2) is 0 Å². The number of benzene rings is 1. The molecular weight excluding hydrogens is 164 g/mol. The second-order valence-corrected chi connectivity index (χ2v) is 2.91. The van der Waals surface area contributed by atoms with Crippen molar-refractivity contribution < 1.29 is 4.79 Å². The minimum Gasteiger partial charge on any atom is -0.354 e. The predicted molar refractivity (Wildman–Crippen MR) is 52.2 cm³/mol. The first-order valence-corrected chi connectivity index (χ1v) is 4.30. The van der Waals surface area contributed by atoms with E-state index < -0.39 is 0 Å². The first-order chi connectivity index (χ1) is 6.36. The zero-order valence-electron chi connectivity index (χ0n) is 7.44. The molecule has 0 spiro atoms. The molecule has 3 heteroatoms. The molecule has 0 saturated heterocycles. The monoisotopic (exact) mass is 178 g/mol. The lowest BCUT2D eigenvalue weighted by Gasteiger charge is -2.12. The number of nitrogens with one attached hydrogen (secondary N) is 1. The Morgan fingerprint density at radius 3 is 2.62 bits per heavy atom. The van der Waals surface area contributed by atoms with Crippen molar-refractivity contribution in [3.63, 3.8) is 0 Å². The van der Waals surface area contributed by atoms with Crippen LogP contribution in [0.25, 0.3) is 0 Å². The summed E-state index contributed by atoms with van der Waals surface area (Å²) in [6.45, 7) is 0.466. The van der Waals surface area contributed by atoms with Crippen molar-refractivity contribution in [2.45, 2.75) is 12.5 Å². The summed E-state index contributed by atoms with van der Waals surface area (Å²) < 4.78 is 0. The summed E-state index contributed by atoms with van der Waals surface area (Å²) in [5.74, 6) is 0. The van der Waals surface area contributed by atoms with Crippen LogP contribution in [0.1, 0.15) is 5.56 Å². The van der Waals surface area contributed by atoms with Gasteiger partial charge in [-0.1, -0.05) is 30.3 Å². The lowest BCUT2D eigenvalue weighted by molar-refractivity contribution is -0.110. The molecule has 1 unspecified atom stereocenters. The fraction of sp³-hybridized carbons (Fsp3) is 0.300. The van der Waals surface area contributed by atoms with Crippen LogP contribution >= 0.6 is 0 Å². The van der Waals surface area contributed by atoms with Gasteiger partial charge < -0.3 is 11.1 Å². The molecule has 0 aliphatic heterocycles. The van der Waals surface area contributed by atoms with Crippen LogP contribution in [0, 0.1) is 0 Å². The largest absolute Gasteiger partial charge is 0.354 e. The molecule has 13 heavy (non-hydrogen) atoms. The highest BCUT2D eigenvalue weighted by Gasteiger charge is 2.04. The Balaban J connectivity index is 2.51. The number of hydrogen-bond acceptors (Lipinski definition) is 2. The minimum absolute atomic E-state index is 0.0416. The molecule has 1 aromatic carbocycles. The van der Waals surface area contributed by atoms with Crippen molar-refractivity contribution in [1.29, 1.82) is 0 Å². The lowest BCUT2D eigenvalue weighted by atomic mass is 10.1. The van der Waals surface area contributed by atoms with Crippen LogP contribution in [0.3, 0.4) is 0 Å². The van der Waals surface area contributed by atoms with E-state index in [4.69, 9.17) is 5.73 Å². The Kier molecular flexibility index (Phi) is 3.99. The van der Waals surface area contributed by atoms with E-state index in [0.29, 0.717) is 13.0 Å². The third kappa shape index (κ3) is 3.25. The van der Waals surface area contributed by atoms with Gasteiger partial charge in [-0.2, -0.15) is 0 Å². The summed E-state index contributed by atoms with van der Waals surface area (Å²) in [6, 6.07) is 10.0. The molecule has 0 fully saturated rings. The van der Waals surface area contributed by atoms with Crippen LogP contribution < -0.4 is 11.1 Å². The standard InChI is InChI=1S/C10H14N2O/c11-7-10(12-8-13)6-9-4-2-1-3-5-9/h1-5,8,10H,6-7,11H2,(H,12,13). The van der Waals surface area contributed by atoms with Crippen LogP contribution in [-0.4, -0.2) is 19.0 Å². The topological polar surface area (TPSA) is 55.1 Å². The molecule has 3 N–H and O–H groups in total. The minimum atomic E-state index is 0.0416. The number of hydrogen-bond donors (Lipinski definition) is 2. The van der Waals surface area contributed by atoms with E-state index in [0.717, 1.165) is 6.42 Å². The molecule has 0 radical (unpaired) electrons. The fourth-order valence-corrected chi connectivity index (χ4v) is 1.21. The molecular formula is C10H14N2O. The Morgan fingerprint density at radius 2 is 2.08 bits per heavy atom. The molecule has 1 rings (SSSR count). The molecule has 1 amide bonds. The lowest BCUT2D eigenvalue weighted by Crippen LogP contribution is -2.36. The van der Waals surface area contributed by atoms with E-state index in [-0.39, 0.29) is 6.04 Å². The summed E-state index contributed by atoms with van der Waals surface area (Å²) >= 11 is 0. The van der Waals surface area contributed by atoms with E-state index in [9.17, 15) is 4.79 Å². The van der Waals surface area contributed by atoms with Gasteiger partial charge in [0.15, 0.2) is 0 Å². The van der Waals surface area contributed by atoms with Gasteiger partial charge in [0, 0.05) is 12.6 Å². The highest BCUT2D eigenvalue weighted by atomic mass is 16.1. The van der Waals surface area contributed by atoms with Gasteiger partial charge in [0.25, 0.3) is 0 Å². The van der Waals surface area contributed by atoms with Crippen molar-refractivity contribution in [3.05, 3.63) is 35.9 Å². The first-order valence-electron chi connectivity index (χ1n) is 4.30. The van der Waals surface area contributed by atoms with Crippen LogP contribution in [0.5, 0.6) is 0 Å². The molecule has 0 saturated carbocycles. The third-order valence-electron chi connectivity index (χ3n) is 1.91. The summed E-state index contributed by atoms with van der Waals surface area (Å²) in [5.41, 5.74) is 6.67. The van der Waals surface area contributed by atoms with Crippen molar-refractivity contribution in [1.82, 2.24) is 5.32 Å². The number of rotatable bonds is 5. The molecule has 1 aromatic rings. The maximum atomic E-state index is 10.2. The van der Waals surface area contributed by atoms with Gasteiger partial charge in [-0.3, -0.25) is 4.79 Å². The van der Waals surface area contributed by atoms with E-state index in [1.807, 2.05) is 30.3 Å². The molecule has 1 atom stereocenters. The molecule has 3 nitrogen and oxygen atoms in total. The Hall–Kier alpha value is -1.35. The average molecular weight is 178 g/mol. The number of carbonyl (C=O) groups excluding carboxylic acids is 1. The van der Waals surface area contributed by atoms with Crippen molar-refractivity contribution in [2.75, 3.05) is 6.54 Å². The highest BCUT2D eigenvalue weighted by Crippen LogP contribution is 2.01. The SMILES string of the molecule is NCC(Cc1ccccc1)NC=O. The fourth-order valence-electron chi connectivity index (χ4n) is 1.21. The van der Waals surface area contributed by atoms with Gasteiger partial charge in [-0.05, 0) is 12.0 Å². The van der Waals surface area contributed by atoms with Gasteiger partial charge in [0.2, 0.25) is 6.41 Å². The summed E-state index contributed by atoms with van der Waals surface area (Å²) in [7, 11) is 0. The van der Waals surface area contributed by atoms with Gasteiger partial charge in [0.05, 0.1) is 0 Å². The molecule has 0 bridgehead atoms. The Labute approximate surface area is 77.9 Å². The van der Waals surface area contributed by atoms with Crippen LogP contribution in [0.15, 0.2) is 30.3 Å². The first kappa shape index (κ1) is 9.74. The molecule has 0 aliphatic carbocycles. The van der Waals surface area contributed by atoms with E-state index in [1.165, 1.54) is 5.56 Å². The summed E-state index contributed by atoms with van der Waals surface area (Å²) in [5, 5.41) is 2.68. The van der Waals surface area contributed by atoms with Gasteiger partial charge in [-0.15, -0.1) is 0 Å². The third-order valence-corrected chi connectivity index (χ3v) is 1.91. The Bertz CT molecular complexity index is 248. The summed E-state index contributed by atoms with van der Waals surface area (Å²) in [6.07, 6.45) is 1.48. The molecule has 0 aliphatic rings. The van der Waals surface area contributed by atoms with E-state index >= 15 is 0 Å². The average Bonchev–Trinajstić information content (AvgIpc) is 2.19. The molecule has 0 aromatic heterocycles. The van der Waals surface area contributed by atoms with Crippen LogP contribution in [-0.2, 0) is 11.2 Å². The predicted octanol–water partition coefficient (Wildman–Crippen LogP) is 0.302. The summed E-state index contributed by atoms with van der Waals surface area (Å²) in [4.78, 5) is 10.2. The quantitative estimate of drug-likeness (QED) is 0.637. The maximum absolute atomic E-state index is 10.2. The van der Waals surface area contributed by atoms with Crippen molar-refractivity contribution in [2.24, 2.45) is 5.73 Å². The van der Waals surface area contributed by atoms with Gasteiger partial charge in [0.1, 0.15) is 0 Å². The highest BCUT2D eigenvalue weighted by molar-refractivity contribution is 5.46. The zero-order valence-corrected chi connectivity index (χ0v) is 7.44. The smallest absolute Gasteiger partial charge is 0.207 e. The van der Waals surface area contributed by atoms with Crippen molar-refractivity contribution in [3.8, 4) is 0 Å². The second kappa shape index (κ2) is 5.32. The van der Waals surface area contributed by atoms with Crippen LogP contribution in [0.4, 0.5) is 0 Å². The Morgan fingerprint density at radius 1 is 1.38 bits per heavy atom. The molecule has 70 valence electrons. The molecule has 0 heterocycles. The number of nitrogens with two attached hydrogens (primary N) is 1. The van der Waals surface area contributed by atoms with Gasteiger partial charge >= 0.3 is 0 Å². The number of carbonyl (C=O) groups is 1.